The number of nitrogens with zero attached hydrogens (tertiary/aromatic N) is 2. The van der Waals surface area contributed by atoms with E-state index >= 15 is 0 Å². The first kappa shape index (κ1) is 6.86. The molecule has 10 heavy (non-hydrogen) atoms. The van der Waals surface area contributed by atoms with E-state index in [4.69, 9.17) is 22.7 Å². The van der Waals surface area contributed by atoms with Crippen LogP contribution in [0.2, 0.25) is 5.15 Å². The first-order chi connectivity index (χ1) is 4.79. The second-order valence-electron chi connectivity index (χ2n) is 1.52. The van der Waals surface area contributed by atoms with Gasteiger partial charge in [-0.15, -0.1) is 0 Å². The summed E-state index contributed by atoms with van der Waals surface area (Å²) in [5, 5.41) is 14.5. The maximum atomic E-state index is 8.43. The highest BCUT2D eigenvalue weighted by atomic mass is 35.5. The molecule has 0 radical (unpaired) electrons. The molecule has 1 aromatic heterocycles. The topological polar surface area (TPSA) is 90.5 Å². The van der Waals surface area contributed by atoms with Gasteiger partial charge in [0.15, 0.2) is 11.0 Å². The van der Waals surface area contributed by atoms with Crippen LogP contribution < -0.4 is 11.3 Å². The molecule has 52 valence electrons. The Kier molecular flexibility index (Phi) is 1.76. The number of aromatic nitrogens is 2. The molecule has 0 aromatic carbocycles. The molecule has 0 unspecified atom stereocenters. The van der Waals surface area contributed by atoms with Gasteiger partial charge in [0.05, 0.1) is 0 Å². The van der Waals surface area contributed by atoms with Gasteiger partial charge in [-0.3, -0.25) is 5.10 Å². The Labute approximate surface area is 61.7 Å². The summed E-state index contributed by atoms with van der Waals surface area (Å²) in [5.41, 5.74) is 2.47. The predicted molar refractivity (Wildman–Crippen MR) is 36.1 cm³/mol. The number of nitrogen functional groups attached to an aromatic ring is 1. The fraction of sp³-hybridized carbons (Fsp3) is 0. The van der Waals surface area contributed by atoms with Gasteiger partial charge in [-0.2, -0.15) is 10.4 Å². The number of rotatable bonds is 1. The molecular weight excluding hydrogens is 154 g/mol. The molecule has 0 aliphatic heterocycles. The zero-order valence-electron chi connectivity index (χ0n) is 4.85. The Hall–Kier alpha value is -1.25. The Bertz CT molecular complexity index is 272. The Morgan fingerprint density at radius 2 is 2.50 bits per heavy atom. The smallest absolute Gasteiger partial charge is 0.170 e. The Morgan fingerprint density at radius 3 is 2.90 bits per heavy atom. The minimum Gasteiger partial charge on any atom is -0.308 e. The molecule has 1 heterocycles. The van der Waals surface area contributed by atoms with Crippen LogP contribution in [0.1, 0.15) is 5.56 Å². The molecule has 0 aliphatic rings. The quantitative estimate of drug-likeness (QED) is 0.402. The number of halogens is 1. The highest BCUT2D eigenvalue weighted by molar-refractivity contribution is 6.30. The average Bonchev–Trinajstić information content (AvgIpc) is 2.30. The van der Waals surface area contributed by atoms with Gasteiger partial charge in [0, 0.05) is 0 Å². The lowest BCUT2D eigenvalue weighted by Gasteiger charge is -1.90. The lowest BCUT2D eigenvalue weighted by Crippen LogP contribution is -2.08. The second-order valence-corrected chi connectivity index (χ2v) is 1.88. The van der Waals surface area contributed by atoms with E-state index in [1.807, 2.05) is 6.07 Å². The number of nitriles is 1. The molecule has 5 nitrogen and oxygen atoms in total. The Balaban J connectivity index is 3.17. The molecule has 0 bridgehead atoms. The molecule has 1 rings (SSSR count). The molecular formula is C4H4ClN5. The van der Waals surface area contributed by atoms with Crippen LogP contribution in [0.3, 0.4) is 0 Å². The number of anilines is 1. The summed E-state index contributed by atoms with van der Waals surface area (Å²) in [6.45, 7) is 0. The molecule has 0 saturated carbocycles. The minimum atomic E-state index is 0.121. The summed E-state index contributed by atoms with van der Waals surface area (Å²) in [6.07, 6.45) is 0. The van der Waals surface area contributed by atoms with Crippen molar-refractivity contribution in [3.63, 3.8) is 0 Å². The van der Waals surface area contributed by atoms with Crippen molar-refractivity contribution >= 4 is 17.4 Å². The van der Waals surface area contributed by atoms with Gasteiger partial charge in [0.2, 0.25) is 0 Å². The summed E-state index contributed by atoms with van der Waals surface area (Å²) in [6, 6.07) is 1.83. The van der Waals surface area contributed by atoms with Crippen LogP contribution in [0.15, 0.2) is 0 Å². The number of nitrogens with one attached hydrogen (secondary N) is 2. The number of H-pyrrole nitrogens is 1. The van der Waals surface area contributed by atoms with Crippen molar-refractivity contribution in [2.75, 3.05) is 5.43 Å². The van der Waals surface area contributed by atoms with E-state index < -0.39 is 0 Å². The number of hydrazine groups is 1. The maximum Gasteiger partial charge on any atom is 0.170 e. The van der Waals surface area contributed by atoms with Crippen LogP contribution in [0.4, 0.5) is 5.82 Å². The zero-order chi connectivity index (χ0) is 7.56. The number of hydrogen-bond donors (Lipinski definition) is 3. The Morgan fingerprint density at radius 1 is 1.80 bits per heavy atom. The molecule has 0 aliphatic carbocycles. The summed E-state index contributed by atoms with van der Waals surface area (Å²) >= 11 is 5.46. The monoisotopic (exact) mass is 157 g/mol. The lowest BCUT2D eigenvalue weighted by molar-refractivity contribution is 1.08. The summed E-state index contributed by atoms with van der Waals surface area (Å²) < 4.78 is 0. The van der Waals surface area contributed by atoms with Crippen molar-refractivity contribution in [2.45, 2.75) is 0 Å². The SMILES string of the molecule is N#Cc1c(Cl)n[nH]c1NN. The van der Waals surface area contributed by atoms with Gasteiger partial charge in [-0.25, -0.2) is 5.84 Å². The number of hydrogen-bond acceptors (Lipinski definition) is 4. The van der Waals surface area contributed by atoms with Crippen molar-refractivity contribution in [3.8, 4) is 6.07 Å². The van der Waals surface area contributed by atoms with Gasteiger partial charge in [-0.05, 0) is 0 Å². The van der Waals surface area contributed by atoms with Crippen LogP contribution in [-0.2, 0) is 0 Å². The van der Waals surface area contributed by atoms with Crippen LogP contribution >= 0.6 is 11.6 Å². The first-order valence-corrected chi connectivity index (χ1v) is 2.78. The van der Waals surface area contributed by atoms with E-state index in [-0.39, 0.29) is 10.7 Å². The molecule has 0 atom stereocenters. The van der Waals surface area contributed by atoms with Crippen molar-refractivity contribution in [3.05, 3.63) is 10.7 Å². The molecule has 1 aromatic rings. The molecule has 6 heteroatoms. The first-order valence-electron chi connectivity index (χ1n) is 2.40. The number of aromatic amines is 1. The second kappa shape index (κ2) is 2.56. The molecule has 4 N–H and O–H groups in total. The van der Waals surface area contributed by atoms with Crippen molar-refractivity contribution < 1.29 is 0 Å². The van der Waals surface area contributed by atoms with E-state index in [0.29, 0.717) is 5.82 Å². The third-order valence-corrected chi connectivity index (χ3v) is 1.25. The third-order valence-electron chi connectivity index (χ3n) is 0.978. The van der Waals surface area contributed by atoms with Crippen LogP contribution in [0.5, 0.6) is 0 Å². The minimum absolute atomic E-state index is 0.121. The summed E-state index contributed by atoms with van der Waals surface area (Å²) in [4.78, 5) is 0. The molecule has 0 spiro atoms. The van der Waals surface area contributed by atoms with Gasteiger partial charge < -0.3 is 5.43 Å². The molecule has 0 saturated heterocycles. The van der Waals surface area contributed by atoms with Crippen LogP contribution in [-0.4, -0.2) is 10.2 Å². The van der Waals surface area contributed by atoms with E-state index in [0.717, 1.165) is 0 Å². The maximum absolute atomic E-state index is 8.43. The van der Waals surface area contributed by atoms with Gasteiger partial charge in [0.1, 0.15) is 11.6 Å². The highest BCUT2D eigenvalue weighted by Gasteiger charge is 2.08. The van der Waals surface area contributed by atoms with E-state index in [1.54, 1.807) is 0 Å². The fourth-order valence-electron chi connectivity index (χ4n) is 0.526. The third kappa shape index (κ3) is 0.900. The van der Waals surface area contributed by atoms with Gasteiger partial charge >= 0.3 is 0 Å². The molecule has 0 fully saturated rings. The van der Waals surface area contributed by atoms with Crippen molar-refractivity contribution in [1.29, 1.82) is 5.26 Å². The summed E-state index contributed by atoms with van der Waals surface area (Å²) in [5.74, 6) is 5.33. The van der Waals surface area contributed by atoms with Gasteiger partial charge in [-0.1, -0.05) is 11.6 Å². The highest BCUT2D eigenvalue weighted by Crippen LogP contribution is 2.17. The molecule has 0 amide bonds. The van der Waals surface area contributed by atoms with E-state index in [2.05, 4.69) is 15.6 Å². The largest absolute Gasteiger partial charge is 0.308 e. The van der Waals surface area contributed by atoms with Crippen molar-refractivity contribution in [1.82, 2.24) is 10.2 Å². The lowest BCUT2D eigenvalue weighted by atomic mass is 10.4. The van der Waals surface area contributed by atoms with Crippen molar-refractivity contribution in [2.24, 2.45) is 5.84 Å². The summed E-state index contributed by atoms with van der Waals surface area (Å²) in [7, 11) is 0. The average molecular weight is 158 g/mol. The predicted octanol–water partition coefficient (Wildman–Crippen LogP) is 0.220. The normalized spacial score (nSPS) is 8.90. The van der Waals surface area contributed by atoms with Crippen LogP contribution in [0.25, 0.3) is 0 Å². The van der Waals surface area contributed by atoms with E-state index in [1.165, 1.54) is 0 Å². The van der Waals surface area contributed by atoms with Gasteiger partial charge in [0.25, 0.3) is 0 Å². The van der Waals surface area contributed by atoms with Crippen LogP contribution in [0, 0.1) is 11.3 Å². The van der Waals surface area contributed by atoms with E-state index in [9.17, 15) is 0 Å². The zero-order valence-corrected chi connectivity index (χ0v) is 5.61. The fourth-order valence-corrected chi connectivity index (χ4v) is 0.705. The standard InChI is InChI=1S/C4H4ClN5/c5-3-2(1-6)4(8-7)10-9-3/h7H2,(H2,8,9,10). The number of nitrogens with two attached hydrogens (primary N) is 1.